The first-order valence-electron chi connectivity index (χ1n) is 6.43. The van der Waals surface area contributed by atoms with Gasteiger partial charge in [0.1, 0.15) is 0 Å². The zero-order valence-electron chi connectivity index (χ0n) is 10.2. The van der Waals surface area contributed by atoms with Gasteiger partial charge >= 0.3 is 6.01 Å². The number of anilines is 1. The van der Waals surface area contributed by atoms with E-state index in [-0.39, 0.29) is 11.9 Å². The summed E-state index contributed by atoms with van der Waals surface area (Å²) in [4.78, 5) is 11.4. The molecule has 1 aromatic heterocycles. The van der Waals surface area contributed by atoms with Gasteiger partial charge in [0.25, 0.3) is 0 Å². The van der Waals surface area contributed by atoms with Crippen LogP contribution in [-0.2, 0) is 4.79 Å². The number of hydrogen-bond acceptors (Lipinski definition) is 4. The van der Waals surface area contributed by atoms with E-state index in [0.717, 1.165) is 19.3 Å². The zero-order valence-corrected chi connectivity index (χ0v) is 10.2. The smallest absolute Gasteiger partial charge is 0.322 e. The van der Waals surface area contributed by atoms with E-state index < -0.39 is 0 Å². The maximum atomic E-state index is 11.4. The molecule has 1 aromatic rings. The molecule has 1 aliphatic carbocycles. The third-order valence-corrected chi connectivity index (χ3v) is 3.12. The average molecular weight is 237 g/mol. The molecule has 5 nitrogen and oxygen atoms in total. The minimum atomic E-state index is -0.0636. The second-order valence-corrected chi connectivity index (χ2v) is 4.58. The van der Waals surface area contributed by atoms with Crippen molar-refractivity contribution >= 4 is 11.9 Å². The monoisotopic (exact) mass is 237 g/mol. The van der Waals surface area contributed by atoms with Crippen molar-refractivity contribution in [3.8, 4) is 0 Å². The number of nitrogens with one attached hydrogen (secondary N) is 1. The molecule has 1 aliphatic rings. The van der Waals surface area contributed by atoms with Crippen LogP contribution in [-0.4, -0.2) is 16.1 Å². The molecule has 17 heavy (non-hydrogen) atoms. The molecule has 1 saturated carbocycles. The van der Waals surface area contributed by atoms with Crippen molar-refractivity contribution < 1.29 is 9.21 Å². The Morgan fingerprint density at radius 1 is 1.35 bits per heavy atom. The molecule has 5 heteroatoms. The highest BCUT2D eigenvalue weighted by Crippen LogP contribution is 2.32. The van der Waals surface area contributed by atoms with E-state index in [1.807, 2.05) is 6.92 Å². The van der Waals surface area contributed by atoms with Gasteiger partial charge in [-0.05, 0) is 19.3 Å². The van der Waals surface area contributed by atoms with E-state index >= 15 is 0 Å². The SMILES string of the molecule is CCCC(=O)Nc1nnc(C2CCCCC2)o1. The van der Waals surface area contributed by atoms with Crippen molar-refractivity contribution in [2.75, 3.05) is 5.32 Å². The molecule has 0 atom stereocenters. The van der Waals surface area contributed by atoms with Crippen LogP contribution >= 0.6 is 0 Å². The Kier molecular flexibility index (Phi) is 4.12. The molecule has 0 unspecified atom stereocenters. The standard InChI is InChI=1S/C12H19N3O2/c1-2-6-10(16)13-12-15-14-11(17-12)9-7-4-3-5-8-9/h9H,2-8H2,1H3,(H,13,15,16). The number of nitrogens with zero attached hydrogens (tertiary/aromatic N) is 2. The van der Waals surface area contributed by atoms with Gasteiger partial charge in [-0.3, -0.25) is 10.1 Å². The van der Waals surface area contributed by atoms with Gasteiger partial charge in [0, 0.05) is 12.3 Å². The number of aromatic nitrogens is 2. The molecular weight excluding hydrogens is 218 g/mol. The normalized spacial score (nSPS) is 17.0. The van der Waals surface area contributed by atoms with Crippen LogP contribution < -0.4 is 5.32 Å². The number of rotatable bonds is 4. The van der Waals surface area contributed by atoms with Gasteiger partial charge in [0.2, 0.25) is 11.8 Å². The third-order valence-electron chi connectivity index (χ3n) is 3.12. The molecular formula is C12H19N3O2. The van der Waals surface area contributed by atoms with E-state index in [0.29, 0.717) is 18.2 Å². The van der Waals surface area contributed by atoms with Crippen LogP contribution in [0.1, 0.15) is 63.7 Å². The molecule has 1 amide bonds. The van der Waals surface area contributed by atoms with Gasteiger partial charge in [-0.25, -0.2) is 0 Å². The third kappa shape index (κ3) is 3.28. The van der Waals surface area contributed by atoms with Gasteiger partial charge in [0.15, 0.2) is 0 Å². The highest BCUT2D eigenvalue weighted by molar-refractivity contribution is 5.88. The maximum Gasteiger partial charge on any atom is 0.322 e. The van der Waals surface area contributed by atoms with E-state index in [1.165, 1.54) is 19.3 Å². The average Bonchev–Trinajstić information content (AvgIpc) is 2.79. The lowest BCUT2D eigenvalue weighted by molar-refractivity contribution is -0.116. The van der Waals surface area contributed by atoms with Gasteiger partial charge in [-0.1, -0.05) is 31.3 Å². The van der Waals surface area contributed by atoms with Crippen LogP contribution in [0, 0.1) is 0 Å². The maximum absolute atomic E-state index is 11.4. The van der Waals surface area contributed by atoms with E-state index in [1.54, 1.807) is 0 Å². The summed E-state index contributed by atoms with van der Waals surface area (Å²) < 4.78 is 5.49. The van der Waals surface area contributed by atoms with E-state index in [2.05, 4.69) is 15.5 Å². The Morgan fingerprint density at radius 3 is 2.82 bits per heavy atom. The topological polar surface area (TPSA) is 68.0 Å². The Balaban J connectivity index is 1.93. The Bertz CT molecular complexity index is 370. The van der Waals surface area contributed by atoms with Crippen LogP contribution in [0.2, 0.25) is 0 Å². The highest BCUT2D eigenvalue weighted by Gasteiger charge is 2.21. The van der Waals surface area contributed by atoms with Gasteiger partial charge < -0.3 is 4.42 Å². The molecule has 94 valence electrons. The predicted octanol–water partition coefficient (Wildman–Crippen LogP) is 2.86. The van der Waals surface area contributed by atoms with Crippen molar-refractivity contribution in [3.63, 3.8) is 0 Å². The van der Waals surface area contributed by atoms with Crippen LogP contribution in [0.5, 0.6) is 0 Å². The van der Waals surface area contributed by atoms with Crippen molar-refractivity contribution in [2.45, 2.75) is 57.8 Å². The first-order valence-corrected chi connectivity index (χ1v) is 6.43. The lowest BCUT2D eigenvalue weighted by atomic mass is 9.89. The summed E-state index contributed by atoms with van der Waals surface area (Å²) in [6, 6.07) is 0.240. The number of amides is 1. The summed E-state index contributed by atoms with van der Waals surface area (Å²) in [7, 11) is 0. The van der Waals surface area contributed by atoms with Crippen molar-refractivity contribution in [1.82, 2.24) is 10.2 Å². The van der Waals surface area contributed by atoms with Crippen LogP contribution in [0.4, 0.5) is 6.01 Å². The summed E-state index contributed by atoms with van der Waals surface area (Å²) in [5, 5.41) is 10.5. The summed E-state index contributed by atoms with van der Waals surface area (Å²) in [5.74, 6) is 0.996. The molecule has 1 N–H and O–H groups in total. The van der Waals surface area contributed by atoms with Crippen molar-refractivity contribution in [3.05, 3.63) is 5.89 Å². The fourth-order valence-corrected chi connectivity index (χ4v) is 2.21. The van der Waals surface area contributed by atoms with Crippen LogP contribution in [0.25, 0.3) is 0 Å². The van der Waals surface area contributed by atoms with Crippen molar-refractivity contribution in [2.24, 2.45) is 0 Å². The minimum absolute atomic E-state index is 0.0636. The lowest BCUT2D eigenvalue weighted by Gasteiger charge is -2.17. The molecule has 0 bridgehead atoms. The quantitative estimate of drug-likeness (QED) is 0.874. The zero-order chi connectivity index (χ0) is 12.1. The van der Waals surface area contributed by atoms with Gasteiger partial charge in [-0.15, -0.1) is 5.10 Å². The summed E-state index contributed by atoms with van der Waals surface area (Å²) in [5.41, 5.74) is 0. The van der Waals surface area contributed by atoms with Crippen LogP contribution in [0.15, 0.2) is 4.42 Å². The van der Waals surface area contributed by atoms with E-state index in [9.17, 15) is 4.79 Å². The molecule has 0 radical (unpaired) electrons. The largest absolute Gasteiger partial charge is 0.408 e. The second-order valence-electron chi connectivity index (χ2n) is 4.58. The second kappa shape index (κ2) is 5.80. The Labute approximate surface area is 101 Å². The van der Waals surface area contributed by atoms with E-state index in [4.69, 9.17) is 4.42 Å². The van der Waals surface area contributed by atoms with Crippen molar-refractivity contribution in [1.29, 1.82) is 0 Å². The van der Waals surface area contributed by atoms with Gasteiger partial charge in [0.05, 0.1) is 0 Å². The van der Waals surface area contributed by atoms with Crippen LogP contribution in [0.3, 0.4) is 0 Å². The number of carbonyl (C=O) groups excluding carboxylic acids is 1. The van der Waals surface area contributed by atoms with Gasteiger partial charge in [-0.2, -0.15) is 0 Å². The lowest BCUT2D eigenvalue weighted by Crippen LogP contribution is -2.10. The first-order chi connectivity index (χ1) is 8.29. The summed E-state index contributed by atoms with van der Waals surface area (Å²) >= 11 is 0. The molecule has 0 saturated heterocycles. The number of hydrogen-bond donors (Lipinski definition) is 1. The predicted molar refractivity (Wildman–Crippen MR) is 63.7 cm³/mol. The molecule has 1 heterocycles. The summed E-state index contributed by atoms with van der Waals surface area (Å²) in [6.07, 6.45) is 7.28. The Morgan fingerprint density at radius 2 is 2.12 bits per heavy atom. The fraction of sp³-hybridized carbons (Fsp3) is 0.750. The fourth-order valence-electron chi connectivity index (χ4n) is 2.21. The first kappa shape index (κ1) is 12.1. The highest BCUT2D eigenvalue weighted by atomic mass is 16.4. The molecule has 0 aliphatic heterocycles. The minimum Gasteiger partial charge on any atom is -0.408 e. The molecule has 0 spiro atoms. The molecule has 2 rings (SSSR count). The molecule has 1 fully saturated rings. The molecule has 0 aromatic carbocycles. The Hall–Kier alpha value is -1.39. The number of carbonyl (C=O) groups is 1. The summed E-state index contributed by atoms with van der Waals surface area (Å²) in [6.45, 7) is 1.96.